The van der Waals surface area contributed by atoms with Crippen LogP contribution in [0.1, 0.15) is 33.6 Å². The molecule has 1 aliphatic heterocycles. The number of carbonyl (C=O) groups is 3. The SMILES string of the molecule is CCN(CC)C(=O)NC(C)N1C(=O)C2C3C=CC(CC3)C2C1=O. The quantitative estimate of drug-likeness (QED) is 0.632. The lowest BCUT2D eigenvalue weighted by Gasteiger charge is -2.38. The number of allylic oxidation sites excluding steroid dienone is 2. The van der Waals surface area contributed by atoms with Crippen molar-refractivity contribution in [3.05, 3.63) is 12.2 Å². The Morgan fingerprint density at radius 1 is 1.17 bits per heavy atom. The molecule has 6 heteroatoms. The summed E-state index contributed by atoms with van der Waals surface area (Å²) in [5.74, 6) is -0.329. The molecule has 5 unspecified atom stereocenters. The van der Waals surface area contributed by atoms with E-state index >= 15 is 0 Å². The fraction of sp³-hybridized carbons (Fsp3) is 0.706. The molecule has 5 atom stereocenters. The van der Waals surface area contributed by atoms with Crippen LogP contribution in [0, 0.1) is 23.7 Å². The molecule has 1 saturated heterocycles. The van der Waals surface area contributed by atoms with E-state index in [1.807, 2.05) is 13.8 Å². The Labute approximate surface area is 136 Å². The molecular weight excluding hydrogens is 294 g/mol. The van der Waals surface area contributed by atoms with Gasteiger partial charge in [0.2, 0.25) is 11.8 Å². The van der Waals surface area contributed by atoms with Gasteiger partial charge >= 0.3 is 6.03 Å². The molecule has 4 amide bonds. The first-order valence-electron chi connectivity index (χ1n) is 8.60. The molecule has 2 bridgehead atoms. The van der Waals surface area contributed by atoms with Crippen LogP contribution >= 0.6 is 0 Å². The highest BCUT2D eigenvalue weighted by atomic mass is 16.2. The summed E-state index contributed by atoms with van der Waals surface area (Å²) in [6.07, 6.45) is 5.56. The fourth-order valence-electron chi connectivity index (χ4n) is 4.32. The van der Waals surface area contributed by atoms with Crippen molar-refractivity contribution in [2.24, 2.45) is 23.7 Å². The van der Waals surface area contributed by atoms with Crippen LogP contribution in [-0.4, -0.2) is 46.9 Å². The minimum Gasteiger partial charge on any atom is -0.325 e. The molecule has 126 valence electrons. The molecule has 0 aromatic carbocycles. The van der Waals surface area contributed by atoms with E-state index in [1.54, 1.807) is 11.8 Å². The zero-order chi connectivity index (χ0) is 16.7. The first-order valence-corrected chi connectivity index (χ1v) is 8.60. The summed E-state index contributed by atoms with van der Waals surface area (Å²) >= 11 is 0. The van der Waals surface area contributed by atoms with Gasteiger partial charge in [0.05, 0.1) is 11.8 Å². The molecule has 2 fully saturated rings. The molecule has 0 radical (unpaired) electrons. The molecular formula is C17H25N3O3. The molecule has 1 saturated carbocycles. The number of nitrogens with zero attached hydrogens (tertiary/aromatic N) is 2. The minimum atomic E-state index is -0.604. The van der Waals surface area contributed by atoms with Gasteiger partial charge in [-0.3, -0.25) is 14.5 Å². The molecule has 1 heterocycles. The monoisotopic (exact) mass is 319 g/mol. The average Bonchev–Trinajstić information content (AvgIpc) is 2.83. The molecule has 0 spiro atoms. The lowest BCUT2D eigenvalue weighted by atomic mass is 9.63. The molecule has 4 rings (SSSR count). The summed E-state index contributed by atoms with van der Waals surface area (Å²) in [5, 5.41) is 2.80. The minimum absolute atomic E-state index is 0.119. The van der Waals surface area contributed by atoms with E-state index in [2.05, 4.69) is 17.5 Å². The zero-order valence-corrected chi connectivity index (χ0v) is 14.0. The van der Waals surface area contributed by atoms with Crippen molar-refractivity contribution in [2.75, 3.05) is 13.1 Å². The van der Waals surface area contributed by atoms with Gasteiger partial charge in [0.25, 0.3) is 0 Å². The summed E-state index contributed by atoms with van der Waals surface area (Å²) in [5.41, 5.74) is 0. The van der Waals surface area contributed by atoms with Crippen LogP contribution in [-0.2, 0) is 9.59 Å². The van der Waals surface area contributed by atoms with E-state index in [4.69, 9.17) is 0 Å². The fourth-order valence-corrected chi connectivity index (χ4v) is 4.32. The van der Waals surface area contributed by atoms with Gasteiger partial charge in [-0.05, 0) is 45.4 Å². The van der Waals surface area contributed by atoms with Crippen molar-refractivity contribution in [2.45, 2.75) is 39.8 Å². The normalized spacial score (nSPS) is 32.9. The maximum absolute atomic E-state index is 12.8. The lowest BCUT2D eigenvalue weighted by Crippen LogP contribution is -2.53. The average molecular weight is 319 g/mol. The first-order chi connectivity index (χ1) is 11.0. The predicted octanol–water partition coefficient (Wildman–Crippen LogP) is 1.58. The van der Waals surface area contributed by atoms with Crippen LogP contribution in [0.25, 0.3) is 0 Å². The Bertz CT molecular complexity index is 523. The van der Waals surface area contributed by atoms with Crippen molar-refractivity contribution in [1.29, 1.82) is 0 Å². The molecule has 1 N–H and O–H groups in total. The van der Waals surface area contributed by atoms with Crippen molar-refractivity contribution < 1.29 is 14.4 Å². The third kappa shape index (κ3) is 2.44. The summed E-state index contributed by atoms with van der Waals surface area (Å²) in [6.45, 7) is 6.70. The highest BCUT2D eigenvalue weighted by Crippen LogP contribution is 2.49. The number of likely N-dealkylation sites (tertiary alicyclic amines) is 1. The third-order valence-corrected chi connectivity index (χ3v) is 5.56. The standard InChI is InChI=1S/C17H25N3O3/c1-4-19(5-2)17(23)18-10(3)20-15(21)13-11-6-7-12(9-8-11)14(13)16(20)22/h6-7,10-14H,4-5,8-9H2,1-3H3,(H,18,23). The van der Waals surface area contributed by atoms with E-state index in [0.29, 0.717) is 13.1 Å². The van der Waals surface area contributed by atoms with Crippen molar-refractivity contribution >= 4 is 17.8 Å². The van der Waals surface area contributed by atoms with Gasteiger partial charge in [-0.15, -0.1) is 0 Å². The van der Waals surface area contributed by atoms with Crippen LogP contribution in [0.5, 0.6) is 0 Å². The van der Waals surface area contributed by atoms with Gasteiger partial charge in [-0.25, -0.2) is 4.79 Å². The second-order valence-corrected chi connectivity index (χ2v) is 6.69. The number of hydrogen-bond acceptors (Lipinski definition) is 3. The van der Waals surface area contributed by atoms with Gasteiger partial charge in [0.15, 0.2) is 0 Å². The van der Waals surface area contributed by atoms with E-state index in [9.17, 15) is 14.4 Å². The number of fused-ring (bicyclic) bond motifs is 1. The lowest BCUT2D eigenvalue weighted by molar-refractivity contribution is -0.142. The number of hydrogen-bond donors (Lipinski definition) is 1. The van der Waals surface area contributed by atoms with Gasteiger partial charge in [0.1, 0.15) is 6.17 Å². The van der Waals surface area contributed by atoms with Crippen LogP contribution in [0.3, 0.4) is 0 Å². The third-order valence-electron chi connectivity index (χ3n) is 5.56. The Morgan fingerprint density at radius 2 is 1.65 bits per heavy atom. The van der Waals surface area contributed by atoms with Crippen LogP contribution in [0.2, 0.25) is 0 Å². The van der Waals surface area contributed by atoms with Gasteiger partial charge in [0, 0.05) is 13.1 Å². The van der Waals surface area contributed by atoms with Crippen LogP contribution in [0.15, 0.2) is 12.2 Å². The maximum atomic E-state index is 12.8. The van der Waals surface area contributed by atoms with Gasteiger partial charge in [-0.2, -0.15) is 0 Å². The highest BCUT2D eigenvalue weighted by molar-refractivity contribution is 6.06. The largest absolute Gasteiger partial charge is 0.325 e. The van der Waals surface area contributed by atoms with E-state index < -0.39 is 6.17 Å². The Kier molecular flexibility index (Phi) is 4.17. The van der Waals surface area contributed by atoms with Crippen molar-refractivity contribution in [3.63, 3.8) is 0 Å². The Hall–Kier alpha value is -1.85. The Morgan fingerprint density at radius 3 is 2.04 bits per heavy atom. The number of carbonyl (C=O) groups excluding carboxylic acids is 3. The summed E-state index contributed by atoms with van der Waals surface area (Å²) < 4.78 is 0. The highest BCUT2D eigenvalue weighted by Gasteiger charge is 2.57. The van der Waals surface area contributed by atoms with E-state index in [-0.39, 0.29) is 41.5 Å². The summed E-state index contributed by atoms with van der Waals surface area (Å²) in [7, 11) is 0. The Balaban J connectivity index is 1.75. The second-order valence-electron chi connectivity index (χ2n) is 6.69. The smallest absolute Gasteiger partial charge is 0.318 e. The summed E-state index contributed by atoms with van der Waals surface area (Å²) in [6, 6.07) is -0.237. The van der Waals surface area contributed by atoms with Crippen LogP contribution in [0.4, 0.5) is 4.79 Å². The van der Waals surface area contributed by atoms with E-state index in [1.165, 1.54) is 4.90 Å². The van der Waals surface area contributed by atoms with E-state index in [0.717, 1.165) is 12.8 Å². The summed E-state index contributed by atoms with van der Waals surface area (Å²) in [4.78, 5) is 40.7. The number of amides is 4. The molecule has 6 nitrogen and oxygen atoms in total. The number of nitrogens with one attached hydrogen (secondary N) is 1. The van der Waals surface area contributed by atoms with Crippen LogP contribution < -0.4 is 5.32 Å². The van der Waals surface area contributed by atoms with Gasteiger partial charge < -0.3 is 10.2 Å². The number of imide groups is 1. The van der Waals surface area contributed by atoms with Gasteiger partial charge in [-0.1, -0.05) is 12.2 Å². The molecule has 3 aliphatic carbocycles. The van der Waals surface area contributed by atoms with Crippen molar-refractivity contribution in [1.82, 2.24) is 15.1 Å². The second kappa shape index (κ2) is 5.98. The topological polar surface area (TPSA) is 69.7 Å². The molecule has 0 aromatic heterocycles. The van der Waals surface area contributed by atoms with Crippen molar-refractivity contribution in [3.8, 4) is 0 Å². The molecule has 23 heavy (non-hydrogen) atoms. The number of urea groups is 1. The predicted molar refractivity (Wildman–Crippen MR) is 85.1 cm³/mol. The molecule has 0 aromatic rings. The zero-order valence-electron chi connectivity index (χ0n) is 14.0. The maximum Gasteiger partial charge on any atom is 0.318 e. The number of rotatable bonds is 4. The molecule has 4 aliphatic rings. The first kappa shape index (κ1) is 16.0.